The molecule has 1 saturated heterocycles. The quantitative estimate of drug-likeness (QED) is 0.279. The van der Waals surface area contributed by atoms with Gasteiger partial charge in [0.2, 0.25) is 0 Å². The summed E-state index contributed by atoms with van der Waals surface area (Å²) in [5, 5.41) is 18.9. The van der Waals surface area contributed by atoms with E-state index in [9.17, 15) is 9.59 Å². The van der Waals surface area contributed by atoms with Crippen molar-refractivity contribution in [2.45, 2.75) is 52.2 Å². The van der Waals surface area contributed by atoms with E-state index in [1.54, 1.807) is 35.6 Å². The first kappa shape index (κ1) is 28.6. The number of carbonyl (C=O) groups excluding carboxylic acids is 1. The topological polar surface area (TPSA) is 119 Å². The standard InChI is InChI=1S/C32H33N5O5S/c1-18-19(2)43-31-28(18)29(33-26(17-27(38)41-4)30-35-34-20(3)37(30)31)21-5-9-23(10-6-21)36-15-13-25(14-16-36)42-24-11-7-22(8-12-24)32(39)40/h5-12,25-26H,13-17H2,1-4H3,(H,39,40)/t26-/m0/s1. The maximum atomic E-state index is 12.4. The van der Waals surface area contributed by atoms with Gasteiger partial charge in [0, 0.05) is 47.6 Å². The van der Waals surface area contributed by atoms with E-state index in [-0.39, 0.29) is 24.1 Å². The van der Waals surface area contributed by atoms with Crippen molar-refractivity contribution in [3.05, 3.63) is 87.3 Å². The van der Waals surface area contributed by atoms with Gasteiger partial charge in [0.1, 0.15) is 28.7 Å². The molecule has 0 aliphatic carbocycles. The SMILES string of the molecule is COC(=O)C[C@@H]1N=C(c2ccc(N3CCC(Oc4ccc(C(=O)O)cc4)CC3)cc2)c2c(sc(C)c2C)-n2c(C)nnc21. The molecule has 2 aromatic heterocycles. The van der Waals surface area contributed by atoms with Crippen LogP contribution < -0.4 is 9.64 Å². The predicted octanol–water partition coefficient (Wildman–Crippen LogP) is 5.46. The monoisotopic (exact) mass is 599 g/mol. The fourth-order valence-electron chi connectivity index (χ4n) is 5.70. The fourth-order valence-corrected chi connectivity index (χ4v) is 6.91. The number of carboxylic acid groups (broad SMARTS) is 1. The van der Waals surface area contributed by atoms with Crippen LogP contribution in [-0.2, 0) is 9.53 Å². The number of piperidine rings is 1. The molecule has 6 rings (SSSR count). The third-order valence-corrected chi connectivity index (χ3v) is 9.37. The number of aromatic nitrogens is 3. The molecule has 11 heteroatoms. The number of thiophene rings is 1. The zero-order chi connectivity index (χ0) is 30.2. The first-order valence-corrected chi connectivity index (χ1v) is 15.1. The lowest BCUT2D eigenvalue weighted by Crippen LogP contribution is -2.38. The van der Waals surface area contributed by atoms with Gasteiger partial charge in [0.25, 0.3) is 0 Å². The number of ether oxygens (including phenoxy) is 2. The highest BCUT2D eigenvalue weighted by Gasteiger charge is 2.32. The molecule has 1 atom stereocenters. The van der Waals surface area contributed by atoms with Crippen molar-refractivity contribution >= 4 is 34.7 Å². The lowest BCUT2D eigenvalue weighted by Gasteiger charge is -2.33. The van der Waals surface area contributed by atoms with Crippen molar-refractivity contribution < 1.29 is 24.2 Å². The van der Waals surface area contributed by atoms with E-state index >= 15 is 0 Å². The molecule has 0 unspecified atom stereocenters. The summed E-state index contributed by atoms with van der Waals surface area (Å²) in [6.07, 6.45) is 1.87. The number of aryl methyl sites for hydroxylation is 2. The molecule has 4 heterocycles. The van der Waals surface area contributed by atoms with Gasteiger partial charge in [-0.2, -0.15) is 0 Å². The number of benzene rings is 2. The van der Waals surface area contributed by atoms with Crippen LogP contribution in [0.1, 0.15) is 68.9 Å². The second-order valence-corrected chi connectivity index (χ2v) is 12.1. The molecule has 2 aliphatic heterocycles. The van der Waals surface area contributed by atoms with Gasteiger partial charge in [0.15, 0.2) is 5.82 Å². The number of carbonyl (C=O) groups is 2. The number of aliphatic imine (C=N–C) groups is 1. The Bertz CT molecular complexity index is 1700. The van der Waals surface area contributed by atoms with Crippen molar-refractivity contribution in [1.82, 2.24) is 14.8 Å². The number of nitrogens with zero attached hydrogens (tertiary/aromatic N) is 5. The molecule has 1 fully saturated rings. The van der Waals surface area contributed by atoms with Crippen molar-refractivity contribution in [3.63, 3.8) is 0 Å². The van der Waals surface area contributed by atoms with Crippen molar-refractivity contribution in [2.75, 3.05) is 25.1 Å². The summed E-state index contributed by atoms with van der Waals surface area (Å²) < 4.78 is 13.2. The van der Waals surface area contributed by atoms with E-state index in [1.165, 1.54) is 12.0 Å². The Balaban J connectivity index is 1.23. The predicted molar refractivity (Wildman–Crippen MR) is 164 cm³/mol. The molecule has 10 nitrogen and oxygen atoms in total. The Morgan fingerprint density at radius 3 is 2.35 bits per heavy atom. The van der Waals surface area contributed by atoms with E-state index < -0.39 is 12.0 Å². The first-order chi connectivity index (χ1) is 20.7. The van der Waals surface area contributed by atoms with Gasteiger partial charge in [-0.25, -0.2) is 4.79 Å². The van der Waals surface area contributed by atoms with Crippen LogP contribution in [0.3, 0.4) is 0 Å². The Morgan fingerprint density at radius 2 is 1.70 bits per heavy atom. The Hall–Kier alpha value is -4.51. The lowest BCUT2D eigenvalue weighted by atomic mass is 9.99. The minimum Gasteiger partial charge on any atom is -0.490 e. The molecule has 0 radical (unpaired) electrons. The number of hydrogen-bond acceptors (Lipinski definition) is 9. The highest BCUT2D eigenvalue weighted by Crippen LogP contribution is 2.40. The lowest BCUT2D eigenvalue weighted by molar-refractivity contribution is -0.141. The summed E-state index contributed by atoms with van der Waals surface area (Å²) in [7, 11) is 1.39. The van der Waals surface area contributed by atoms with Gasteiger partial charge in [-0.3, -0.25) is 14.4 Å². The number of methoxy groups -OCH3 is 1. The number of fused-ring (bicyclic) bond motifs is 3. The zero-order valence-electron chi connectivity index (χ0n) is 24.5. The van der Waals surface area contributed by atoms with Crippen LogP contribution >= 0.6 is 11.3 Å². The van der Waals surface area contributed by atoms with Gasteiger partial charge in [0.05, 0.1) is 24.8 Å². The van der Waals surface area contributed by atoms with Gasteiger partial charge in [-0.1, -0.05) is 12.1 Å². The normalized spacial score (nSPS) is 16.6. The van der Waals surface area contributed by atoms with Crippen LogP contribution in [-0.4, -0.2) is 63.8 Å². The van der Waals surface area contributed by atoms with E-state index in [4.69, 9.17) is 19.6 Å². The van der Waals surface area contributed by atoms with Crippen molar-refractivity contribution in [2.24, 2.45) is 4.99 Å². The van der Waals surface area contributed by atoms with Crippen LogP contribution in [0.15, 0.2) is 53.5 Å². The Kier molecular flexibility index (Phi) is 7.74. The summed E-state index contributed by atoms with van der Waals surface area (Å²) >= 11 is 1.68. The number of aromatic carboxylic acids is 1. The Morgan fingerprint density at radius 1 is 1.00 bits per heavy atom. The molecule has 43 heavy (non-hydrogen) atoms. The van der Waals surface area contributed by atoms with Crippen LogP contribution in [0.4, 0.5) is 5.69 Å². The molecule has 2 aromatic carbocycles. The highest BCUT2D eigenvalue weighted by molar-refractivity contribution is 7.15. The second kappa shape index (κ2) is 11.6. The largest absolute Gasteiger partial charge is 0.490 e. The van der Waals surface area contributed by atoms with Gasteiger partial charge < -0.3 is 19.5 Å². The second-order valence-electron chi connectivity index (χ2n) is 10.9. The third-order valence-electron chi connectivity index (χ3n) is 8.18. The minimum atomic E-state index is -0.946. The number of hydrogen-bond donors (Lipinski definition) is 1. The molecule has 222 valence electrons. The molecular weight excluding hydrogens is 566 g/mol. The number of anilines is 1. The van der Waals surface area contributed by atoms with E-state index in [1.807, 2.05) is 11.5 Å². The molecule has 0 saturated carbocycles. The smallest absolute Gasteiger partial charge is 0.335 e. The Labute approximate surface area is 253 Å². The van der Waals surface area contributed by atoms with E-state index in [0.29, 0.717) is 11.6 Å². The molecule has 4 aromatic rings. The minimum absolute atomic E-state index is 0.0733. The molecular formula is C32H33N5O5S. The molecule has 0 amide bonds. The summed E-state index contributed by atoms with van der Waals surface area (Å²) in [6.45, 7) is 7.84. The first-order valence-electron chi connectivity index (χ1n) is 14.3. The molecule has 0 bridgehead atoms. The zero-order valence-corrected chi connectivity index (χ0v) is 25.4. The number of carboxylic acids is 1. The van der Waals surface area contributed by atoms with Gasteiger partial charge >= 0.3 is 11.9 Å². The van der Waals surface area contributed by atoms with Crippen LogP contribution in [0.25, 0.3) is 5.00 Å². The van der Waals surface area contributed by atoms with E-state index in [2.05, 4.69) is 53.2 Å². The van der Waals surface area contributed by atoms with E-state index in [0.717, 1.165) is 64.8 Å². The average molecular weight is 600 g/mol. The van der Waals surface area contributed by atoms with Crippen LogP contribution in [0.5, 0.6) is 5.75 Å². The summed E-state index contributed by atoms with van der Waals surface area (Å²) in [6, 6.07) is 14.5. The van der Waals surface area contributed by atoms with Crippen LogP contribution in [0.2, 0.25) is 0 Å². The van der Waals surface area contributed by atoms with Crippen molar-refractivity contribution in [1.29, 1.82) is 0 Å². The summed E-state index contributed by atoms with van der Waals surface area (Å²) in [5.74, 6) is 0.786. The molecule has 2 aliphatic rings. The van der Waals surface area contributed by atoms with Gasteiger partial charge in [-0.15, -0.1) is 21.5 Å². The number of esters is 1. The average Bonchev–Trinajstić information content (AvgIpc) is 3.49. The highest BCUT2D eigenvalue weighted by atomic mass is 32.1. The third kappa shape index (κ3) is 5.52. The number of rotatable bonds is 7. The van der Waals surface area contributed by atoms with Crippen molar-refractivity contribution in [3.8, 4) is 10.8 Å². The molecule has 1 N–H and O–H groups in total. The maximum Gasteiger partial charge on any atom is 0.335 e. The van der Waals surface area contributed by atoms with Gasteiger partial charge in [-0.05, 0) is 62.7 Å². The summed E-state index contributed by atoms with van der Waals surface area (Å²) in [4.78, 5) is 32.2. The molecule has 0 spiro atoms. The van der Waals surface area contributed by atoms with Crippen LogP contribution in [0, 0.1) is 20.8 Å². The summed E-state index contributed by atoms with van der Waals surface area (Å²) in [5.41, 5.74) is 5.38. The fraction of sp³-hybridized carbons (Fsp3) is 0.344. The maximum absolute atomic E-state index is 12.4.